The largest absolute Gasteiger partial charge is 0.573 e. The third-order valence-electron chi connectivity index (χ3n) is 1.11. The fourth-order valence-electron chi connectivity index (χ4n) is 0.687. The molecule has 0 aliphatic carbocycles. The fraction of sp³-hybridized carbons (Fsp3) is 0.167. The summed E-state index contributed by atoms with van der Waals surface area (Å²) in [5.74, 6) is 4.67. The van der Waals surface area contributed by atoms with Crippen molar-refractivity contribution in [2.75, 3.05) is 5.43 Å². The second kappa shape index (κ2) is 3.48. The van der Waals surface area contributed by atoms with Crippen LogP contribution in [-0.4, -0.2) is 11.3 Å². The van der Waals surface area contributed by atoms with Crippen LogP contribution in [0.5, 0.6) is 5.75 Å². The molecule has 13 heavy (non-hydrogen) atoms. The van der Waals surface area contributed by atoms with Crippen LogP contribution in [0.15, 0.2) is 18.3 Å². The van der Waals surface area contributed by atoms with Gasteiger partial charge < -0.3 is 10.2 Å². The molecule has 0 fully saturated rings. The van der Waals surface area contributed by atoms with Gasteiger partial charge in [-0.15, -0.1) is 13.2 Å². The molecule has 0 atom stereocenters. The Labute approximate surface area is 71.5 Å². The summed E-state index contributed by atoms with van der Waals surface area (Å²) in [5, 5.41) is 0. The van der Waals surface area contributed by atoms with Crippen LogP contribution in [0, 0.1) is 0 Å². The lowest BCUT2D eigenvalue weighted by Gasteiger charge is -2.08. The Morgan fingerprint density at radius 2 is 2.15 bits per heavy atom. The van der Waals surface area contributed by atoms with Crippen molar-refractivity contribution in [2.24, 2.45) is 5.84 Å². The number of alkyl halides is 3. The zero-order chi connectivity index (χ0) is 9.90. The Hall–Kier alpha value is -1.50. The summed E-state index contributed by atoms with van der Waals surface area (Å²) in [6, 6.07) is 2.11. The van der Waals surface area contributed by atoms with E-state index in [2.05, 4.69) is 15.1 Å². The number of hydrogen-bond acceptors (Lipinski definition) is 4. The van der Waals surface area contributed by atoms with E-state index in [1.807, 2.05) is 0 Å². The molecule has 0 saturated heterocycles. The molecule has 0 amide bonds. The van der Waals surface area contributed by atoms with Crippen molar-refractivity contribution in [2.45, 2.75) is 6.36 Å². The van der Waals surface area contributed by atoms with Crippen molar-refractivity contribution in [1.29, 1.82) is 0 Å². The predicted molar refractivity (Wildman–Crippen MR) is 38.7 cm³/mol. The molecule has 1 aromatic rings. The number of anilines is 1. The Morgan fingerprint density at radius 3 is 2.69 bits per heavy atom. The van der Waals surface area contributed by atoms with Crippen molar-refractivity contribution in [3.05, 3.63) is 18.3 Å². The highest BCUT2D eigenvalue weighted by molar-refractivity contribution is 5.39. The summed E-state index contributed by atoms with van der Waals surface area (Å²) in [6.45, 7) is 0. The number of hydrogen-bond donors (Lipinski definition) is 2. The zero-order valence-corrected chi connectivity index (χ0v) is 6.30. The van der Waals surface area contributed by atoms with Gasteiger partial charge in [0.25, 0.3) is 0 Å². The molecule has 1 heterocycles. The van der Waals surface area contributed by atoms with Gasteiger partial charge in [0.1, 0.15) is 11.6 Å². The number of nitrogen functional groups attached to an aromatic ring is 1. The topological polar surface area (TPSA) is 60.2 Å². The number of halogens is 3. The molecule has 0 aromatic carbocycles. The molecule has 0 unspecified atom stereocenters. The minimum atomic E-state index is -4.70. The van der Waals surface area contributed by atoms with E-state index in [1.165, 1.54) is 0 Å². The van der Waals surface area contributed by atoms with Crippen LogP contribution >= 0.6 is 0 Å². The van der Waals surface area contributed by atoms with Crippen LogP contribution in [0.3, 0.4) is 0 Å². The van der Waals surface area contributed by atoms with Crippen molar-refractivity contribution in [3.8, 4) is 5.75 Å². The molecule has 4 nitrogen and oxygen atoms in total. The standard InChI is InChI=1S/C6H6F3N3O/c7-6(8,9)13-4-1-2-11-5(3-4)12-10/h1-3H,10H2,(H,11,12). The third kappa shape index (κ3) is 3.16. The van der Waals surface area contributed by atoms with Gasteiger partial charge in [-0.2, -0.15) is 0 Å². The molecule has 0 aliphatic rings. The number of nitrogens with two attached hydrogens (primary N) is 1. The van der Waals surface area contributed by atoms with Gasteiger partial charge in [0, 0.05) is 12.3 Å². The van der Waals surface area contributed by atoms with Gasteiger partial charge >= 0.3 is 6.36 Å². The minimum absolute atomic E-state index is 0.0988. The lowest BCUT2D eigenvalue weighted by molar-refractivity contribution is -0.274. The van der Waals surface area contributed by atoms with E-state index in [9.17, 15) is 13.2 Å². The smallest absolute Gasteiger partial charge is 0.406 e. The fourth-order valence-corrected chi connectivity index (χ4v) is 0.687. The molecule has 1 aromatic heterocycles. The molecule has 72 valence electrons. The average Bonchev–Trinajstić information content (AvgIpc) is 2.01. The molecule has 0 bridgehead atoms. The summed E-state index contributed by atoms with van der Waals surface area (Å²) < 4.78 is 38.7. The van der Waals surface area contributed by atoms with Crippen molar-refractivity contribution >= 4 is 5.82 Å². The Balaban J connectivity index is 2.78. The first kappa shape index (κ1) is 9.59. The summed E-state index contributed by atoms with van der Waals surface area (Å²) in [5.41, 5.74) is 2.09. The normalized spacial score (nSPS) is 11.1. The lowest BCUT2D eigenvalue weighted by Crippen LogP contribution is -2.17. The van der Waals surface area contributed by atoms with Crippen molar-refractivity contribution < 1.29 is 17.9 Å². The molecule has 1 rings (SSSR count). The van der Waals surface area contributed by atoms with Crippen LogP contribution < -0.4 is 16.0 Å². The number of rotatable bonds is 2. The maximum Gasteiger partial charge on any atom is 0.573 e. The van der Waals surface area contributed by atoms with Crippen LogP contribution in [0.2, 0.25) is 0 Å². The number of nitrogens with zero attached hydrogens (tertiary/aromatic N) is 1. The Morgan fingerprint density at radius 1 is 1.46 bits per heavy atom. The number of aromatic nitrogens is 1. The zero-order valence-electron chi connectivity index (χ0n) is 6.30. The third-order valence-corrected chi connectivity index (χ3v) is 1.11. The number of hydrazine groups is 1. The molecule has 0 aliphatic heterocycles. The first-order chi connectivity index (χ1) is 6.01. The van der Waals surface area contributed by atoms with Crippen molar-refractivity contribution in [3.63, 3.8) is 0 Å². The van der Waals surface area contributed by atoms with Gasteiger partial charge in [0.15, 0.2) is 0 Å². The Bertz CT molecular complexity index is 289. The molecule has 3 N–H and O–H groups in total. The highest BCUT2D eigenvalue weighted by atomic mass is 19.4. The summed E-state index contributed by atoms with van der Waals surface area (Å²) in [7, 11) is 0. The lowest BCUT2D eigenvalue weighted by atomic mass is 10.4. The Kier molecular flexibility index (Phi) is 2.57. The molecule has 0 radical (unpaired) electrons. The van der Waals surface area contributed by atoms with E-state index in [4.69, 9.17) is 5.84 Å². The van der Waals surface area contributed by atoms with E-state index < -0.39 is 6.36 Å². The highest BCUT2D eigenvalue weighted by Crippen LogP contribution is 2.23. The van der Waals surface area contributed by atoms with Gasteiger partial charge in [-0.1, -0.05) is 0 Å². The number of ether oxygens (including phenoxy) is 1. The SMILES string of the molecule is NNc1cc(OC(F)(F)F)ccn1. The molecule has 0 spiro atoms. The quantitative estimate of drug-likeness (QED) is 0.548. The minimum Gasteiger partial charge on any atom is -0.406 e. The van der Waals surface area contributed by atoms with Crippen LogP contribution in [0.4, 0.5) is 19.0 Å². The highest BCUT2D eigenvalue weighted by Gasteiger charge is 2.31. The van der Waals surface area contributed by atoms with Gasteiger partial charge in [-0.05, 0) is 6.07 Å². The van der Waals surface area contributed by atoms with Gasteiger partial charge in [0.05, 0.1) is 0 Å². The summed E-state index contributed by atoms with van der Waals surface area (Å²) in [6.07, 6.45) is -3.55. The first-order valence-corrected chi connectivity index (χ1v) is 3.20. The number of nitrogens with one attached hydrogen (secondary N) is 1. The molecule has 0 saturated carbocycles. The van der Waals surface area contributed by atoms with E-state index in [0.717, 1.165) is 18.3 Å². The molecular formula is C6H6F3N3O. The van der Waals surface area contributed by atoms with Gasteiger partial charge in [-0.25, -0.2) is 10.8 Å². The van der Waals surface area contributed by atoms with Crippen LogP contribution in [0.25, 0.3) is 0 Å². The van der Waals surface area contributed by atoms with Crippen LogP contribution in [-0.2, 0) is 0 Å². The maximum atomic E-state index is 11.7. The van der Waals surface area contributed by atoms with E-state index in [1.54, 1.807) is 0 Å². The second-order valence-corrected chi connectivity index (χ2v) is 2.07. The predicted octanol–water partition coefficient (Wildman–Crippen LogP) is 1.27. The average molecular weight is 193 g/mol. The van der Waals surface area contributed by atoms with Gasteiger partial charge in [-0.3, -0.25) is 0 Å². The monoisotopic (exact) mass is 193 g/mol. The molecular weight excluding hydrogens is 187 g/mol. The molecule has 7 heteroatoms. The maximum absolute atomic E-state index is 11.7. The van der Waals surface area contributed by atoms with Crippen LogP contribution in [0.1, 0.15) is 0 Å². The van der Waals surface area contributed by atoms with E-state index in [0.29, 0.717) is 0 Å². The number of pyridine rings is 1. The second-order valence-electron chi connectivity index (χ2n) is 2.07. The van der Waals surface area contributed by atoms with Gasteiger partial charge in [0.2, 0.25) is 0 Å². The van der Waals surface area contributed by atoms with Crippen molar-refractivity contribution in [1.82, 2.24) is 4.98 Å². The van der Waals surface area contributed by atoms with E-state index >= 15 is 0 Å². The van der Waals surface area contributed by atoms with E-state index in [-0.39, 0.29) is 11.6 Å². The summed E-state index contributed by atoms with van der Waals surface area (Å²) >= 11 is 0. The summed E-state index contributed by atoms with van der Waals surface area (Å²) in [4.78, 5) is 3.60. The first-order valence-electron chi connectivity index (χ1n) is 3.20.